The van der Waals surface area contributed by atoms with Gasteiger partial charge in [-0.3, -0.25) is 9.36 Å². The van der Waals surface area contributed by atoms with Crippen LogP contribution in [0.4, 0.5) is 0 Å². The molecule has 1 aliphatic rings. The van der Waals surface area contributed by atoms with Gasteiger partial charge in [0.2, 0.25) is 0 Å². The van der Waals surface area contributed by atoms with Crippen LogP contribution in [0.2, 0.25) is 0 Å². The van der Waals surface area contributed by atoms with E-state index in [1.807, 2.05) is 30.3 Å². The maximum absolute atomic E-state index is 14.0. The number of allylic oxidation sites excluding steroid dienone is 1. The minimum absolute atomic E-state index is 0.207. The van der Waals surface area contributed by atoms with E-state index in [4.69, 9.17) is 9.47 Å². The first kappa shape index (κ1) is 27.4. The van der Waals surface area contributed by atoms with Crippen LogP contribution < -0.4 is 19.6 Å². The van der Waals surface area contributed by atoms with Crippen molar-refractivity contribution < 1.29 is 14.3 Å². The number of nitrogens with zero attached hydrogens (tertiary/aromatic N) is 3. The Hall–Kier alpha value is -4.17. The molecule has 2 aromatic heterocycles. The zero-order valence-electron chi connectivity index (χ0n) is 23.9. The van der Waals surface area contributed by atoms with E-state index >= 15 is 0 Å². The van der Waals surface area contributed by atoms with Gasteiger partial charge < -0.3 is 14.0 Å². The van der Waals surface area contributed by atoms with Crippen LogP contribution in [-0.2, 0) is 9.53 Å². The van der Waals surface area contributed by atoms with Crippen molar-refractivity contribution in [3.05, 3.63) is 113 Å². The first-order valence-corrected chi connectivity index (χ1v) is 14.1. The lowest BCUT2D eigenvalue weighted by Crippen LogP contribution is -2.39. The molecule has 0 N–H and O–H groups in total. The van der Waals surface area contributed by atoms with Crippen molar-refractivity contribution in [1.29, 1.82) is 0 Å². The van der Waals surface area contributed by atoms with Crippen LogP contribution in [0.15, 0.2) is 69.6 Å². The Morgan fingerprint density at radius 3 is 2.52 bits per heavy atom. The number of carbonyl (C=O) groups is 1. The summed E-state index contributed by atoms with van der Waals surface area (Å²) in [6, 6.07) is 15.3. The Morgan fingerprint density at radius 1 is 1.05 bits per heavy atom. The van der Waals surface area contributed by atoms with Gasteiger partial charge in [0.1, 0.15) is 5.75 Å². The summed E-state index contributed by atoms with van der Waals surface area (Å²) in [5.74, 6) is 0.152. The second kappa shape index (κ2) is 10.8. The highest BCUT2D eigenvalue weighted by molar-refractivity contribution is 7.07. The molecular formula is C32H33N3O4S. The average molecular weight is 556 g/mol. The lowest BCUT2D eigenvalue weighted by atomic mass is 9.95. The normalized spacial score (nSPS) is 15.2. The molecular weight excluding hydrogens is 522 g/mol. The second-order valence-corrected chi connectivity index (χ2v) is 11.0. The number of aromatic nitrogens is 2. The number of fused-ring (bicyclic) bond motifs is 1. The first-order valence-electron chi connectivity index (χ1n) is 13.2. The maximum atomic E-state index is 14.0. The fourth-order valence-electron chi connectivity index (χ4n) is 5.26. The molecule has 2 aromatic carbocycles. The topological polar surface area (TPSA) is 74.8 Å². The van der Waals surface area contributed by atoms with Gasteiger partial charge in [-0.05, 0) is 100 Å². The molecule has 0 saturated heterocycles. The summed E-state index contributed by atoms with van der Waals surface area (Å²) in [6.07, 6.45) is 1.93. The van der Waals surface area contributed by atoms with E-state index in [1.165, 1.54) is 22.5 Å². The molecule has 1 aliphatic heterocycles. The van der Waals surface area contributed by atoms with Crippen LogP contribution in [0.1, 0.15) is 53.5 Å². The Kier molecular flexibility index (Phi) is 7.38. The average Bonchev–Trinajstić information content (AvgIpc) is 3.38. The number of hydrogen-bond donors (Lipinski definition) is 0. The van der Waals surface area contributed by atoms with Crippen molar-refractivity contribution in [2.24, 2.45) is 4.99 Å². The smallest absolute Gasteiger partial charge is 0.338 e. The molecule has 0 bridgehead atoms. The largest absolute Gasteiger partial charge is 0.497 e. The number of thiazole rings is 1. The summed E-state index contributed by atoms with van der Waals surface area (Å²) >= 11 is 1.32. The molecule has 7 nitrogen and oxygen atoms in total. The number of esters is 1. The van der Waals surface area contributed by atoms with Crippen molar-refractivity contribution in [3.8, 4) is 11.4 Å². The lowest BCUT2D eigenvalue weighted by Gasteiger charge is -2.25. The Bertz CT molecular complexity index is 1860. The molecule has 0 saturated carbocycles. The molecule has 3 heterocycles. The van der Waals surface area contributed by atoms with Crippen LogP contribution in [0.25, 0.3) is 11.8 Å². The lowest BCUT2D eigenvalue weighted by molar-refractivity contribution is -0.139. The Labute approximate surface area is 237 Å². The van der Waals surface area contributed by atoms with Crippen molar-refractivity contribution >= 4 is 23.4 Å². The number of ether oxygens (including phenoxy) is 2. The van der Waals surface area contributed by atoms with Gasteiger partial charge in [0.05, 0.1) is 35.6 Å². The standard InChI is InChI=1S/C32H33N3O4S/c1-8-39-31(37)28-21(5)33-32-35(29(28)23-10-9-11-26(16-23)38-7)30(36)27(40-32)17-24-15-20(4)34(22(24)6)25-13-12-18(2)19(3)14-25/h9-17,29H,8H2,1-7H3/b27-17+/t29-/m0/s1. The predicted molar refractivity (Wildman–Crippen MR) is 158 cm³/mol. The molecule has 0 unspecified atom stereocenters. The minimum Gasteiger partial charge on any atom is -0.497 e. The number of carbonyl (C=O) groups excluding carboxylic acids is 1. The number of rotatable bonds is 6. The summed E-state index contributed by atoms with van der Waals surface area (Å²) in [7, 11) is 1.59. The zero-order valence-corrected chi connectivity index (χ0v) is 24.7. The summed E-state index contributed by atoms with van der Waals surface area (Å²) in [5, 5.41) is 0. The Morgan fingerprint density at radius 2 is 1.82 bits per heavy atom. The van der Waals surface area contributed by atoms with Crippen LogP contribution in [0.3, 0.4) is 0 Å². The molecule has 8 heteroatoms. The van der Waals surface area contributed by atoms with Crippen LogP contribution in [0, 0.1) is 27.7 Å². The molecule has 4 aromatic rings. The van der Waals surface area contributed by atoms with E-state index in [0.29, 0.717) is 26.4 Å². The monoisotopic (exact) mass is 555 g/mol. The molecule has 0 aliphatic carbocycles. The van der Waals surface area contributed by atoms with Crippen molar-refractivity contribution in [2.75, 3.05) is 13.7 Å². The third kappa shape index (κ3) is 4.73. The van der Waals surface area contributed by atoms with Gasteiger partial charge >= 0.3 is 5.97 Å². The molecule has 0 spiro atoms. The quantitative estimate of drug-likeness (QED) is 0.320. The molecule has 1 atom stereocenters. The van der Waals surface area contributed by atoms with E-state index in [1.54, 1.807) is 25.5 Å². The Balaban J connectivity index is 1.69. The molecule has 5 rings (SSSR count). The number of methoxy groups -OCH3 is 1. The highest BCUT2D eigenvalue weighted by atomic mass is 32.1. The fraction of sp³-hybridized carbons (Fsp3) is 0.281. The van der Waals surface area contributed by atoms with Gasteiger partial charge in [-0.15, -0.1) is 0 Å². The summed E-state index contributed by atoms with van der Waals surface area (Å²) < 4.78 is 15.2. The van der Waals surface area contributed by atoms with E-state index in [2.05, 4.69) is 61.5 Å². The number of aryl methyl sites for hydroxylation is 3. The second-order valence-electron chi connectivity index (χ2n) is 10.0. The SMILES string of the molecule is CCOC(=O)C1=C(C)N=c2s/c(=C/c3cc(C)n(-c4ccc(C)c(C)c4)c3C)c(=O)n2[C@H]1c1cccc(OC)c1. The molecule has 206 valence electrons. The third-order valence-electron chi connectivity index (χ3n) is 7.43. The highest BCUT2D eigenvalue weighted by Gasteiger charge is 2.33. The van der Waals surface area contributed by atoms with E-state index in [-0.39, 0.29) is 12.2 Å². The van der Waals surface area contributed by atoms with Crippen molar-refractivity contribution in [2.45, 2.75) is 47.6 Å². The number of benzene rings is 2. The fourth-order valence-corrected chi connectivity index (χ4v) is 6.29. The van der Waals surface area contributed by atoms with Gasteiger partial charge in [0, 0.05) is 17.1 Å². The van der Waals surface area contributed by atoms with Gasteiger partial charge in [-0.2, -0.15) is 0 Å². The van der Waals surface area contributed by atoms with Crippen molar-refractivity contribution in [1.82, 2.24) is 9.13 Å². The van der Waals surface area contributed by atoms with E-state index in [9.17, 15) is 9.59 Å². The molecule has 0 radical (unpaired) electrons. The minimum atomic E-state index is -0.685. The maximum Gasteiger partial charge on any atom is 0.338 e. The van der Waals surface area contributed by atoms with E-state index < -0.39 is 12.0 Å². The third-order valence-corrected chi connectivity index (χ3v) is 8.42. The van der Waals surface area contributed by atoms with E-state index in [0.717, 1.165) is 28.2 Å². The summed E-state index contributed by atoms with van der Waals surface area (Å²) in [6.45, 7) is 12.1. The molecule has 0 amide bonds. The first-order chi connectivity index (χ1) is 19.1. The van der Waals surface area contributed by atoms with Crippen LogP contribution >= 0.6 is 11.3 Å². The zero-order chi connectivity index (χ0) is 28.7. The highest BCUT2D eigenvalue weighted by Crippen LogP contribution is 2.32. The summed E-state index contributed by atoms with van der Waals surface area (Å²) in [5.41, 5.74) is 8.06. The van der Waals surface area contributed by atoms with Crippen LogP contribution in [-0.4, -0.2) is 28.8 Å². The van der Waals surface area contributed by atoms with Gasteiger partial charge in [-0.25, -0.2) is 9.79 Å². The van der Waals surface area contributed by atoms with Crippen LogP contribution in [0.5, 0.6) is 5.75 Å². The van der Waals surface area contributed by atoms with Gasteiger partial charge in [0.15, 0.2) is 4.80 Å². The molecule has 40 heavy (non-hydrogen) atoms. The van der Waals surface area contributed by atoms with Crippen molar-refractivity contribution in [3.63, 3.8) is 0 Å². The summed E-state index contributed by atoms with van der Waals surface area (Å²) in [4.78, 5) is 32.4. The predicted octanol–water partition coefficient (Wildman–Crippen LogP) is 4.83. The van der Waals surface area contributed by atoms with Gasteiger partial charge in [0.25, 0.3) is 5.56 Å². The van der Waals surface area contributed by atoms with Gasteiger partial charge in [-0.1, -0.05) is 29.5 Å². The molecule has 0 fully saturated rings. The number of hydrogen-bond acceptors (Lipinski definition) is 6.